The summed E-state index contributed by atoms with van der Waals surface area (Å²) in [4.78, 5) is 2.77. The monoisotopic (exact) mass is 197 g/mol. The molecule has 0 N–H and O–H groups in total. The maximum absolute atomic E-state index is 2.77. The molecule has 1 aliphatic carbocycles. The Balaban J connectivity index is 0.000000980. The molecule has 0 unspecified atom stereocenters. The highest BCUT2D eigenvalue weighted by Gasteiger charge is 2.20. The van der Waals surface area contributed by atoms with Gasteiger partial charge in [0.05, 0.1) is 0 Å². The van der Waals surface area contributed by atoms with Crippen molar-refractivity contribution in [2.24, 2.45) is 0 Å². The second-order valence-electron chi connectivity index (χ2n) is 4.74. The quantitative estimate of drug-likeness (QED) is 0.577. The fourth-order valence-electron chi connectivity index (χ4n) is 2.91. The number of hydrogen-bond acceptors (Lipinski definition) is 1. The second kappa shape index (κ2) is 6.44. The summed E-state index contributed by atoms with van der Waals surface area (Å²) in [5.74, 6) is 0. The van der Waals surface area contributed by atoms with E-state index in [-0.39, 0.29) is 7.43 Å². The molecule has 2 aliphatic rings. The van der Waals surface area contributed by atoms with Gasteiger partial charge in [-0.2, -0.15) is 0 Å². The smallest absolute Gasteiger partial charge is 0.00952 e. The van der Waals surface area contributed by atoms with Crippen LogP contribution in [0.1, 0.15) is 65.2 Å². The molecule has 1 saturated carbocycles. The predicted molar refractivity (Wildman–Crippen MR) is 63.6 cm³/mol. The molecular formula is C13H27N. The van der Waals surface area contributed by atoms with Gasteiger partial charge in [-0.05, 0) is 38.8 Å². The first-order valence-electron chi connectivity index (χ1n) is 6.21. The van der Waals surface area contributed by atoms with E-state index in [1.807, 2.05) is 0 Å². The van der Waals surface area contributed by atoms with Gasteiger partial charge in [0.25, 0.3) is 0 Å². The number of piperidine rings is 1. The Bertz CT molecular complexity index is 130. The maximum atomic E-state index is 2.77. The molecule has 0 aromatic heterocycles. The van der Waals surface area contributed by atoms with Gasteiger partial charge in [-0.25, -0.2) is 0 Å². The van der Waals surface area contributed by atoms with Crippen LogP contribution in [-0.4, -0.2) is 24.0 Å². The summed E-state index contributed by atoms with van der Waals surface area (Å²) in [5.41, 5.74) is 0. The SMILES string of the molecule is C.C1CCCC(N2CCCCC2)CC1. The Morgan fingerprint density at radius 1 is 0.643 bits per heavy atom. The third-order valence-electron chi connectivity index (χ3n) is 3.73. The molecule has 1 nitrogen and oxygen atoms in total. The lowest BCUT2D eigenvalue weighted by atomic mass is 10.0. The van der Waals surface area contributed by atoms with Crippen LogP contribution in [0.3, 0.4) is 0 Å². The normalized spacial score (nSPS) is 26.6. The zero-order valence-corrected chi connectivity index (χ0v) is 8.80. The van der Waals surface area contributed by atoms with Gasteiger partial charge in [-0.15, -0.1) is 0 Å². The molecule has 1 heteroatoms. The number of hydrogen-bond donors (Lipinski definition) is 0. The van der Waals surface area contributed by atoms with E-state index in [1.165, 1.54) is 70.9 Å². The first-order chi connectivity index (χ1) is 6.47. The van der Waals surface area contributed by atoms with Gasteiger partial charge in [0, 0.05) is 6.04 Å². The van der Waals surface area contributed by atoms with Gasteiger partial charge in [0.2, 0.25) is 0 Å². The standard InChI is InChI=1S/C12H23N.CH4/c1-2-5-9-12(8-4-1)13-10-6-3-7-11-13;/h12H,1-11H2;1H4. The summed E-state index contributed by atoms with van der Waals surface area (Å²) in [6.07, 6.45) is 13.3. The van der Waals surface area contributed by atoms with Gasteiger partial charge in [0.1, 0.15) is 0 Å². The zero-order chi connectivity index (χ0) is 8.93. The minimum atomic E-state index is 0. The lowest BCUT2D eigenvalue weighted by molar-refractivity contribution is 0.149. The third kappa shape index (κ3) is 3.27. The predicted octanol–water partition coefficient (Wildman–Crippen LogP) is 3.83. The Labute approximate surface area is 89.9 Å². The second-order valence-corrected chi connectivity index (χ2v) is 4.74. The molecule has 0 radical (unpaired) electrons. The fraction of sp³-hybridized carbons (Fsp3) is 1.00. The number of nitrogens with zero attached hydrogens (tertiary/aromatic N) is 1. The number of likely N-dealkylation sites (tertiary alicyclic amines) is 1. The molecule has 0 aromatic rings. The molecule has 0 aromatic carbocycles. The Morgan fingerprint density at radius 2 is 1.14 bits per heavy atom. The van der Waals surface area contributed by atoms with Crippen molar-refractivity contribution >= 4 is 0 Å². The van der Waals surface area contributed by atoms with Gasteiger partial charge in [-0.1, -0.05) is 39.5 Å². The van der Waals surface area contributed by atoms with E-state index in [4.69, 9.17) is 0 Å². The van der Waals surface area contributed by atoms with E-state index in [0.29, 0.717) is 0 Å². The third-order valence-corrected chi connectivity index (χ3v) is 3.73. The molecule has 2 rings (SSSR count). The van der Waals surface area contributed by atoms with E-state index < -0.39 is 0 Å². The van der Waals surface area contributed by atoms with E-state index in [2.05, 4.69) is 4.90 Å². The number of rotatable bonds is 1. The van der Waals surface area contributed by atoms with Crippen molar-refractivity contribution in [2.75, 3.05) is 13.1 Å². The van der Waals surface area contributed by atoms with Gasteiger partial charge >= 0.3 is 0 Å². The van der Waals surface area contributed by atoms with E-state index in [9.17, 15) is 0 Å². The largest absolute Gasteiger partial charge is 0.300 e. The molecule has 0 spiro atoms. The molecule has 0 bridgehead atoms. The summed E-state index contributed by atoms with van der Waals surface area (Å²) in [6.45, 7) is 2.79. The van der Waals surface area contributed by atoms with Crippen molar-refractivity contribution in [3.05, 3.63) is 0 Å². The van der Waals surface area contributed by atoms with Crippen molar-refractivity contribution in [3.63, 3.8) is 0 Å². The topological polar surface area (TPSA) is 3.24 Å². The summed E-state index contributed by atoms with van der Waals surface area (Å²) < 4.78 is 0. The van der Waals surface area contributed by atoms with Crippen molar-refractivity contribution in [1.29, 1.82) is 0 Å². The van der Waals surface area contributed by atoms with Crippen LogP contribution in [0.4, 0.5) is 0 Å². The molecule has 14 heavy (non-hydrogen) atoms. The summed E-state index contributed by atoms with van der Waals surface area (Å²) in [7, 11) is 0. The van der Waals surface area contributed by atoms with E-state index >= 15 is 0 Å². The molecule has 84 valence electrons. The molecule has 1 heterocycles. The molecule has 2 fully saturated rings. The lowest BCUT2D eigenvalue weighted by Crippen LogP contribution is -2.38. The molecule has 0 amide bonds. The van der Waals surface area contributed by atoms with Crippen molar-refractivity contribution in [1.82, 2.24) is 4.90 Å². The van der Waals surface area contributed by atoms with Crippen LogP contribution in [0.5, 0.6) is 0 Å². The average Bonchev–Trinajstić information content (AvgIpc) is 2.47. The van der Waals surface area contributed by atoms with Crippen molar-refractivity contribution in [2.45, 2.75) is 71.3 Å². The Kier molecular flexibility index (Phi) is 5.54. The first kappa shape index (κ1) is 12.0. The van der Waals surface area contributed by atoms with Crippen LogP contribution in [-0.2, 0) is 0 Å². The van der Waals surface area contributed by atoms with Crippen LogP contribution in [0, 0.1) is 0 Å². The molecule has 1 aliphatic heterocycles. The van der Waals surface area contributed by atoms with Gasteiger partial charge in [0.15, 0.2) is 0 Å². The average molecular weight is 197 g/mol. The molecular weight excluding hydrogens is 170 g/mol. The minimum Gasteiger partial charge on any atom is -0.300 e. The van der Waals surface area contributed by atoms with Crippen LogP contribution in [0.2, 0.25) is 0 Å². The highest BCUT2D eigenvalue weighted by molar-refractivity contribution is 4.76. The first-order valence-corrected chi connectivity index (χ1v) is 6.21. The van der Waals surface area contributed by atoms with Crippen molar-refractivity contribution < 1.29 is 0 Å². The van der Waals surface area contributed by atoms with Crippen LogP contribution in [0.25, 0.3) is 0 Å². The minimum absolute atomic E-state index is 0. The zero-order valence-electron chi connectivity index (χ0n) is 8.80. The highest BCUT2D eigenvalue weighted by atomic mass is 15.2. The van der Waals surface area contributed by atoms with Crippen LogP contribution in [0.15, 0.2) is 0 Å². The fourth-order valence-corrected chi connectivity index (χ4v) is 2.91. The maximum Gasteiger partial charge on any atom is 0.00952 e. The Hall–Kier alpha value is -0.0400. The van der Waals surface area contributed by atoms with E-state index in [0.717, 1.165) is 6.04 Å². The van der Waals surface area contributed by atoms with E-state index in [1.54, 1.807) is 0 Å². The highest BCUT2D eigenvalue weighted by Crippen LogP contribution is 2.24. The molecule has 0 atom stereocenters. The summed E-state index contributed by atoms with van der Waals surface area (Å²) >= 11 is 0. The molecule has 1 saturated heterocycles. The van der Waals surface area contributed by atoms with Crippen LogP contribution >= 0.6 is 0 Å². The van der Waals surface area contributed by atoms with Crippen LogP contribution < -0.4 is 0 Å². The summed E-state index contributed by atoms with van der Waals surface area (Å²) in [5, 5.41) is 0. The summed E-state index contributed by atoms with van der Waals surface area (Å²) in [6, 6.07) is 0.961. The van der Waals surface area contributed by atoms with Gasteiger partial charge in [-0.3, -0.25) is 0 Å². The lowest BCUT2D eigenvalue weighted by Gasteiger charge is -2.34. The van der Waals surface area contributed by atoms with Gasteiger partial charge < -0.3 is 4.90 Å². The van der Waals surface area contributed by atoms with Crippen molar-refractivity contribution in [3.8, 4) is 0 Å². The Morgan fingerprint density at radius 3 is 1.71 bits per heavy atom.